The first kappa shape index (κ1) is 16.7. The predicted octanol–water partition coefficient (Wildman–Crippen LogP) is 1.62. The number of nitrogens with one attached hydrogen (secondary N) is 1. The summed E-state index contributed by atoms with van der Waals surface area (Å²) in [5.41, 5.74) is 0.0838. The van der Waals surface area contributed by atoms with Crippen LogP contribution in [0.5, 0.6) is 5.75 Å². The highest BCUT2D eigenvalue weighted by Gasteiger charge is 2.29. The molecular weight excluding hydrogens is 302 g/mol. The first-order chi connectivity index (χ1) is 10.9. The third-order valence-electron chi connectivity index (χ3n) is 3.53. The summed E-state index contributed by atoms with van der Waals surface area (Å²) >= 11 is 0. The number of hydrogen-bond donors (Lipinski definition) is 1. The Kier molecular flexibility index (Phi) is 5.15. The topological polar surface area (TPSA) is 102 Å². The molecule has 8 nitrogen and oxygen atoms in total. The highest BCUT2D eigenvalue weighted by molar-refractivity contribution is 6.02. The van der Waals surface area contributed by atoms with Crippen LogP contribution in [0.3, 0.4) is 0 Å². The first-order valence-corrected chi connectivity index (χ1v) is 7.43. The van der Waals surface area contributed by atoms with Crippen LogP contribution in [0, 0.1) is 10.1 Å². The van der Waals surface area contributed by atoms with E-state index < -0.39 is 10.8 Å². The average molecular weight is 321 g/mol. The molecule has 1 atom stereocenters. The van der Waals surface area contributed by atoms with Crippen LogP contribution in [0.25, 0.3) is 0 Å². The number of anilines is 1. The zero-order valence-electron chi connectivity index (χ0n) is 13.1. The average Bonchev–Trinajstić information content (AvgIpc) is 2.49. The van der Waals surface area contributed by atoms with Crippen molar-refractivity contribution in [2.24, 2.45) is 0 Å². The summed E-state index contributed by atoms with van der Waals surface area (Å²) in [5.74, 6) is -0.362. The molecule has 0 aromatic heterocycles. The van der Waals surface area contributed by atoms with Gasteiger partial charge in [0.2, 0.25) is 5.91 Å². The van der Waals surface area contributed by atoms with Gasteiger partial charge in [0.25, 0.3) is 11.6 Å². The number of carbonyl (C=O) groups is 2. The summed E-state index contributed by atoms with van der Waals surface area (Å²) in [6.07, 6.45) is 1.78. The van der Waals surface area contributed by atoms with E-state index in [2.05, 4.69) is 5.32 Å². The number of non-ortho nitro benzene ring substituents is 1. The van der Waals surface area contributed by atoms with E-state index in [1.165, 1.54) is 23.1 Å². The summed E-state index contributed by atoms with van der Waals surface area (Å²) < 4.78 is 5.26. The SMILES string of the molecule is CCCC(C)NC(=O)CN1C(=O)COc2ccc([N+](=O)[O-])cc21. The molecule has 0 spiro atoms. The van der Waals surface area contributed by atoms with Crippen LogP contribution in [0.4, 0.5) is 11.4 Å². The van der Waals surface area contributed by atoms with Gasteiger partial charge < -0.3 is 10.1 Å². The molecule has 1 aliphatic rings. The van der Waals surface area contributed by atoms with Crippen molar-refractivity contribution in [1.29, 1.82) is 0 Å². The largest absolute Gasteiger partial charge is 0.482 e. The fourth-order valence-electron chi connectivity index (χ4n) is 2.45. The van der Waals surface area contributed by atoms with E-state index >= 15 is 0 Å². The van der Waals surface area contributed by atoms with Crippen LogP contribution in [-0.2, 0) is 9.59 Å². The van der Waals surface area contributed by atoms with Gasteiger partial charge in [0.05, 0.1) is 10.6 Å². The first-order valence-electron chi connectivity index (χ1n) is 7.43. The van der Waals surface area contributed by atoms with E-state index in [-0.39, 0.29) is 36.5 Å². The van der Waals surface area contributed by atoms with Crippen molar-refractivity contribution >= 4 is 23.2 Å². The lowest BCUT2D eigenvalue weighted by atomic mass is 10.2. The van der Waals surface area contributed by atoms with Crippen molar-refractivity contribution in [1.82, 2.24) is 5.32 Å². The fourth-order valence-corrected chi connectivity index (χ4v) is 2.45. The van der Waals surface area contributed by atoms with Gasteiger partial charge >= 0.3 is 0 Å². The molecule has 1 N–H and O–H groups in total. The van der Waals surface area contributed by atoms with Crippen molar-refractivity contribution in [3.63, 3.8) is 0 Å². The molecule has 0 aliphatic carbocycles. The summed E-state index contributed by atoms with van der Waals surface area (Å²) in [6.45, 7) is 3.53. The standard InChI is InChI=1S/C15H19N3O5/c1-3-4-10(2)16-14(19)8-17-12-7-11(18(21)22)5-6-13(12)23-9-15(17)20/h5-7,10H,3-4,8-9H2,1-2H3,(H,16,19). The summed E-state index contributed by atoms with van der Waals surface area (Å²) in [4.78, 5) is 35.7. The number of nitrogens with zero attached hydrogens (tertiary/aromatic N) is 2. The Hall–Kier alpha value is -2.64. The molecule has 124 valence electrons. The number of hydrogen-bond acceptors (Lipinski definition) is 5. The lowest BCUT2D eigenvalue weighted by molar-refractivity contribution is -0.384. The van der Waals surface area contributed by atoms with Crippen LogP contribution in [-0.4, -0.2) is 35.9 Å². The molecule has 1 unspecified atom stereocenters. The molecule has 0 radical (unpaired) electrons. The van der Waals surface area contributed by atoms with E-state index in [4.69, 9.17) is 4.74 Å². The van der Waals surface area contributed by atoms with Crippen molar-refractivity contribution < 1.29 is 19.2 Å². The molecule has 1 heterocycles. The van der Waals surface area contributed by atoms with Crippen LogP contribution < -0.4 is 15.0 Å². The smallest absolute Gasteiger partial charge is 0.271 e. The predicted molar refractivity (Wildman–Crippen MR) is 83.5 cm³/mol. The molecule has 0 saturated carbocycles. The van der Waals surface area contributed by atoms with Gasteiger partial charge in [-0.1, -0.05) is 13.3 Å². The normalized spacial score (nSPS) is 14.7. The number of benzene rings is 1. The molecule has 0 bridgehead atoms. The molecule has 8 heteroatoms. The van der Waals surface area contributed by atoms with E-state index in [0.29, 0.717) is 5.75 Å². The van der Waals surface area contributed by atoms with Crippen LogP contribution >= 0.6 is 0 Å². The van der Waals surface area contributed by atoms with Gasteiger partial charge in [0.15, 0.2) is 6.61 Å². The fraction of sp³-hybridized carbons (Fsp3) is 0.467. The highest BCUT2D eigenvalue weighted by atomic mass is 16.6. The number of nitro groups is 1. The maximum atomic E-state index is 12.1. The van der Waals surface area contributed by atoms with Crippen molar-refractivity contribution in [2.75, 3.05) is 18.1 Å². The van der Waals surface area contributed by atoms with E-state index in [1.54, 1.807) is 0 Å². The second kappa shape index (κ2) is 7.08. The highest BCUT2D eigenvalue weighted by Crippen LogP contribution is 2.35. The molecule has 0 fully saturated rings. The molecule has 1 aromatic carbocycles. The second-order valence-corrected chi connectivity index (χ2v) is 5.43. The van der Waals surface area contributed by atoms with Crippen LogP contribution in [0.1, 0.15) is 26.7 Å². The molecule has 2 amide bonds. The Morgan fingerprint density at radius 3 is 2.91 bits per heavy atom. The van der Waals surface area contributed by atoms with Gasteiger partial charge in [-0.2, -0.15) is 0 Å². The number of nitro benzene ring substituents is 1. The summed E-state index contributed by atoms with van der Waals surface area (Å²) in [7, 11) is 0. The monoisotopic (exact) mass is 321 g/mol. The third-order valence-corrected chi connectivity index (χ3v) is 3.53. The Morgan fingerprint density at radius 1 is 1.52 bits per heavy atom. The van der Waals surface area contributed by atoms with E-state index in [9.17, 15) is 19.7 Å². The summed E-state index contributed by atoms with van der Waals surface area (Å²) in [6, 6.07) is 3.99. The van der Waals surface area contributed by atoms with Gasteiger partial charge in [-0.05, 0) is 19.4 Å². The minimum Gasteiger partial charge on any atom is -0.482 e. The van der Waals surface area contributed by atoms with Gasteiger partial charge in [0, 0.05) is 18.2 Å². The van der Waals surface area contributed by atoms with Crippen molar-refractivity contribution in [3.05, 3.63) is 28.3 Å². The minimum absolute atomic E-state index is 0.00761. The number of amides is 2. The van der Waals surface area contributed by atoms with Gasteiger partial charge in [-0.3, -0.25) is 24.6 Å². The zero-order valence-corrected chi connectivity index (χ0v) is 13.1. The Morgan fingerprint density at radius 2 is 2.26 bits per heavy atom. The number of fused-ring (bicyclic) bond motifs is 1. The third kappa shape index (κ3) is 3.97. The number of carbonyl (C=O) groups excluding carboxylic acids is 2. The Labute approximate surface area is 133 Å². The maximum Gasteiger partial charge on any atom is 0.271 e. The Balaban J connectivity index is 2.19. The van der Waals surface area contributed by atoms with E-state index in [0.717, 1.165) is 12.8 Å². The van der Waals surface area contributed by atoms with E-state index in [1.807, 2.05) is 13.8 Å². The minimum atomic E-state index is -0.555. The number of rotatable bonds is 6. The molecular formula is C15H19N3O5. The molecule has 0 saturated heterocycles. The van der Waals surface area contributed by atoms with Crippen LogP contribution in [0.15, 0.2) is 18.2 Å². The van der Waals surface area contributed by atoms with Gasteiger partial charge in [0.1, 0.15) is 12.3 Å². The maximum absolute atomic E-state index is 12.1. The quantitative estimate of drug-likeness (QED) is 0.633. The lowest BCUT2D eigenvalue weighted by Gasteiger charge is -2.29. The van der Waals surface area contributed by atoms with Crippen molar-refractivity contribution in [3.8, 4) is 5.75 Å². The molecule has 2 rings (SSSR count). The van der Waals surface area contributed by atoms with Gasteiger partial charge in [-0.15, -0.1) is 0 Å². The van der Waals surface area contributed by atoms with Crippen LogP contribution in [0.2, 0.25) is 0 Å². The lowest BCUT2D eigenvalue weighted by Crippen LogP contribution is -2.46. The number of ether oxygens (including phenoxy) is 1. The summed E-state index contributed by atoms with van der Waals surface area (Å²) in [5, 5.41) is 13.7. The Bertz CT molecular complexity index is 632. The molecule has 1 aromatic rings. The molecule has 23 heavy (non-hydrogen) atoms. The zero-order chi connectivity index (χ0) is 17.0. The van der Waals surface area contributed by atoms with Crippen molar-refractivity contribution in [2.45, 2.75) is 32.7 Å². The second-order valence-electron chi connectivity index (χ2n) is 5.43. The van der Waals surface area contributed by atoms with Gasteiger partial charge in [-0.25, -0.2) is 0 Å². The molecule has 1 aliphatic heterocycles.